The van der Waals surface area contributed by atoms with E-state index in [1.54, 1.807) is 18.2 Å². The van der Waals surface area contributed by atoms with E-state index in [9.17, 15) is 9.65 Å². The number of halogens is 2. The Kier molecular flexibility index (Phi) is 5.45. The largest absolute Gasteiger partial charge is 0.310 e. The van der Waals surface area contributed by atoms with Gasteiger partial charge in [-0.2, -0.15) is 5.26 Å². The Bertz CT molecular complexity index is 713. The van der Waals surface area contributed by atoms with E-state index in [1.165, 1.54) is 18.6 Å². The van der Waals surface area contributed by atoms with Crippen molar-refractivity contribution in [3.05, 3.63) is 47.3 Å². The van der Waals surface area contributed by atoms with Crippen molar-refractivity contribution in [3.8, 4) is 6.07 Å². The number of fused-ring (bicyclic) bond motifs is 1. The van der Waals surface area contributed by atoms with Crippen LogP contribution in [0.3, 0.4) is 0 Å². The molecule has 0 fully saturated rings. The molecule has 0 amide bonds. The monoisotopic (exact) mass is 362 g/mol. The molecule has 0 radical (unpaired) electrons. The smallest absolute Gasteiger partial charge is 0.174 e. The molecule has 1 aliphatic heterocycles. The van der Waals surface area contributed by atoms with Gasteiger partial charge in [-0.05, 0) is 36.6 Å². The highest BCUT2D eigenvalue weighted by Crippen LogP contribution is 2.21. The van der Waals surface area contributed by atoms with Crippen LogP contribution in [0.15, 0.2) is 24.3 Å². The molecule has 22 heavy (non-hydrogen) atoms. The van der Waals surface area contributed by atoms with E-state index in [0.717, 1.165) is 37.2 Å². The van der Waals surface area contributed by atoms with Gasteiger partial charge >= 0.3 is 0 Å². The summed E-state index contributed by atoms with van der Waals surface area (Å²) in [5.74, 6) is 1.27. The van der Waals surface area contributed by atoms with Crippen molar-refractivity contribution in [2.45, 2.75) is 32.2 Å². The minimum atomic E-state index is -0.290. The summed E-state index contributed by atoms with van der Waals surface area (Å²) in [4.78, 5) is 0. The zero-order valence-corrected chi connectivity index (χ0v) is 13.7. The fourth-order valence-electron chi connectivity index (χ4n) is 2.56. The maximum atomic E-state index is 12.9. The van der Waals surface area contributed by atoms with E-state index in [2.05, 4.69) is 16.3 Å². The third kappa shape index (κ3) is 3.42. The predicted molar refractivity (Wildman–Crippen MR) is 87.8 cm³/mol. The molecule has 0 saturated carbocycles. The number of aromatic nitrogens is 3. The molecule has 2 aromatic rings. The van der Waals surface area contributed by atoms with E-state index in [-0.39, 0.29) is 22.8 Å². The summed E-state index contributed by atoms with van der Waals surface area (Å²) in [6.45, 7) is 0.847. The van der Waals surface area contributed by atoms with Gasteiger partial charge in [0.2, 0.25) is 0 Å². The van der Waals surface area contributed by atoms with Gasteiger partial charge in [-0.3, -0.25) is 0 Å². The Morgan fingerprint density at radius 2 is 1.95 bits per heavy atom. The maximum Gasteiger partial charge on any atom is 0.174 e. The Morgan fingerprint density at radius 3 is 2.68 bits per heavy atom. The molecular weight excluding hydrogens is 347 g/mol. The first-order chi connectivity index (χ1) is 10.3. The molecule has 0 aliphatic carbocycles. The zero-order valence-electron chi connectivity index (χ0n) is 12.0. The predicted octanol–water partition coefficient (Wildman–Crippen LogP) is 3.79. The lowest BCUT2D eigenvalue weighted by Gasteiger charge is -2.05. The molecule has 6 heteroatoms. The number of hydrogen-bond donors (Lipinski definition) is 0. The van der Waals surface area contributed by atoms with Crippen molar-refractivity contribution in [3.63, 3.8) is 0 Å². The summed E-state index contributed by atoms with van der Waals surface area (Å²) in [7, 11) is 0. The summed E-state index contributed by atoms with van der Waals surface area (Å²) >= 11 is 0. The normalized spacial score (nSPS) is 14.5. The SMILES string of the molecule is Br.N#C/C(=C/c1ccc(F)cc1)c1nnc2n1CCCCC2. The highest BCUT2D eigenvalue weighted by molar-refractivity contribution is 8.93. The van der Waals surface area contributed by atoms with E-state index < -0.39 is 0 Å². The Balaban J connectivity index is 0.00000176. The van der Waals surface area contributed by atoms with E-state index in [4.69, 9.17) is 0 Å². The number of nitrogens with zero attached hydrogens (tertiary/aromatic N) is 4. The molecule has 0 N–H and O–H groups in total. The summed E-state index contributed by atoms with van der Waals surface area (Å²) < 4.78 is 15.0. The number of allylic oxidation sites excluding steroid dienone is 1. The lowest BCUT2D eigenvalue weighted by atomic mass is 10.1. The molecule has 0 saturated heterocycles. The molecule has 0 unspecified atom stereocenters. The second kappa shape index (κ2) is 7.32. The summed E-state index contributed by atoms with van der Waals surface area (Å²) in [6, 6.07) is 8.23. The average molecular weight is 363 g/mol. The molecule has 0 atom stereocenters. The molecule has 1 aliphatic rings. The van der Waals surface area contributed by atoms with Crippen LogP contribution >= 0.6 is 17.0 Å². The fourth-order valence-corrected chi connectivity index (χ4v) is 2.56. The quantitative estimate of drug-likeness (QED) is 0.763. The van der Waals surface area contributed by atoms with Gasteiger partial charge in [0.15, 0.2) is 5.82 Å². The molecule has 114 valence electrons. The van der Waals surface area contributed by atoms with Gasteiger partial charge < -0.3 is 4.57 Å². The van der Waals surface area contributed by atoms with Crippen LogP contribution in [0.25, 0.3) is 11.6 Å². The van der Waals surface area contributed by atoms with Crippen molar-refractivity contribution in [1.82, 2.24) is 14.8 Å². The first-order valence-corrected chi connectivity index (χ1v) is 7.08. The second-order valence-electron chi connectivity index (χ2n) is 5.12. The van der Waals surface area contributed by atoms with Gasteiger partial charge in [0, 0.05) is 13.0 Å². The van der Waals surface area contributed by atoms with E-state index in [1.807, 2.05) is 4.57 Å². The van der Waals surface area contributed by atoms with Crippen molar-refractivity contribution in [2.24, 2.45) is 0 Å². The summed E-state index contributed by atoms with van der Waals surface area (Å²) in [6.07, 6.45) is 5.99. The Morgan fingerprint density at radius 1 is 1.18 bits per heavy atom. The van der Waals surface area contributed by atoms with Crippen LogP contribution in [0.2, 0.25) is 0 Å². The summed E-state index contributed by atoms with van der Waals surface area (Å²) in [5, 5.41) is 17.8. The molecule has 0 spiro atoms. The Hall–Kier alpha value is -2.00. The van der Waals surface area contributed by atoms with Crippen LogP contribution in [0, 0.1) is 17.1 Å². The minimum Gasteiger partial charge on any atom is -0.310 e. The lowest BCUT2D eigenvalue weighted by Crippen LogP contribution is -2.05. The minimum absolute atomic E-state index is 0. The van der Waals surface area contributed by atoms with E-state index in [0.29, 0.717) is 11.4 Å². The van der Waals surface area contributed by atoms with Crippen molar-refractivity contribution >= 4 is 28.6 Å². The highest BCUT2D eigenvalue weighted by atomic mass is 79.9. The van der Waals surface area contributed by atoms with Crippen LogP contribution in [0.1, 0.15) is 36.5 Å². The first-order valence-electron chi connectivity index (χ1n) is 7.08. The van der Waals surface area contributed by atoms with Crippen molar-refractivity contribution in [2.75, 3.05) is 0 Å². The van der Waals surface area contributed by atoms with Crippen LogP contribution in [-0.4, -0.2) is 14.8 Å². The van der Waals surface area contributed by atoms with Crippen molar-refractivity contribution in [1.29, 1.82) is 5.26 Å². The van der Waals surface area contributed by atoms with Crippen molar-refractivity contribution < 1.29 is 4.39 Å². The molecular formula is C16H16BrFN4. The van der Waals surface area contributed by atoms with Crippen LogP contribution < -0.4 is 0 Å². The number of hydrogen-bond acceptors (Lipinski definition) is 3. The molecule has 1 aromatic carbocycles. The highest BCUT2D eigenvalue weighted by Gasteiger charge is 2.17. The Labute approximate surface area is 139 Å². The number of aryl methyl sites for hydroxylation is 1. The molecule has 2 heterocycles. The van der Waals surface area contributed by atoms with Gasteiger partial charge in [-0.15, -0.1) is 27.2 Å². The molecule has 0 bridgehead atoms. The standard InChI is InChI=1S/C16H15FN4.BrH/c17-14-7-5-12(6-8-14)10-13(11-18)16-20-19-15-4-2-1-3-9-21(15)16;/h5-8,10H,1-4,9H2;1H/b13-10-;. The van der Waals surface area contributed by atoms with Gasteiger partial charge in [0.05, 0.1) is 5.57 Å². The topological polar surface area (TPSA) is 54.5 Å². The molecule has 3 rings (SSSR count). The lowest BCUT2D eigenvalue weighted by molar-refractivity contribution is 0.627. The van der Waals surface area contributed by atoms with Gasteiger partial charge in [-0.25, -0.2) is 4.39 Å². The van der Waals surface area contributed by atoms with Crippen LogP contribution in [0.5, 0.6) is 0 Å². The van der Waals surface area contributed by atoms with Gasteiger partial charge in [-0.1, -0.05) is 18.6 Å². The number of nitriles is 1. The second-order valence-corrected chi connectivity index (χ2v) is 5.12. The average Bonchev–Trinajstić information content (AvgIpc) is 2.75. The number of rotatable bonds is 2. The van der Waals surface area contributed by atoms with Gasteiger partial charge in [0.25, 0.3) is 0 Å². The third-order valence-electron chi connectivity index (χ3n) is 3.65. The fraction of sp³-hybridized carbons (Fsp3) is 0.312. The maximum absolute atomic E-state index is 12.9. The van der Waals surface area contributed by atoms with E-state index >= 15 is 0 Å². The number of benzene rings is 1. The van der Waals surface area contributed by atoms with Crippen LogP contribution in [-0.2, 0) is 13.0 Å². The molecule has 1 aromatic heterocycles. The molecule has 4 nitrogen and oxygen atoms in total. The third-order valence-corrected chi connectivity index (χ3v) is 3.65. The van der Waals surface area contributed by atoms with Crippen LogP contribution in [0.4, 0.5) is 4.39 Å². The first kappa shape index (κ1) is 16.4. The zero-order chi connectivity index (χ0) is 14.7. The van der Waals surface area contributed by atoms with Gasteiger partial charge in [0.1, 0.15) is 17.7 Å². The summed E-state index contributed by atoms with van der Waals surface area (Å²) in [5.41, 5.74) is 1.24.